The highest BCUT2D eigenvalue weighted by Crippen LogP contribution is 2.04. The van der Waals surface area contributed by atoms with Gasteiger partial charge in [0.05, 0.1) is 0 Å². The van der Waals surface area contributed by atoms with Crippen molar-refractivity contribution in [1.82, 2.24) is 5.32 Å². The van der Waals surface area contributed by atoms with Crippen molar-refractivity contribution in [2.45, 2.75) is 0 Å². The van der Waals surface area contributed by atoms with Gasteiger partial charge in [-0.25, -0.2) is 0 Å². The third-order valence-electron chi connectivity index (χ3n) is 2.09. The number of nitrogens with one attached hydrogen (secondary N) is 1. The van der Waals surface area contributed by atoms with E-state index in [1.54, 1.807) is 30.4 Å². The van der Waals surface area contributed by atoms with Crippen LogP contribution in [0.4, 0.5) is 0 Å². The van der Waals surface area contributed by atoms with E-state index in [1.807, 2.05) is 0 Å². The summed E-state index contributed by atoms with van der Waals surface area (Å²) in [4.78, 5) is 22.6. The Morgan fingerprint density at radius 3 is 2.59 bits per heavy atom. The molecule has 5 nitrogen and oxygen atoms in total. The van der Waals surface area contributed by atoms with Gasteiger partial charge in [0.2, 0.25) is 5.91 Å². The minimum absolute atomic E-state index is 0.255. The van der Waals surface area contributed by atoms with Gasteiger partial charge in [-0.05, 0) is 18.2 Å². The standard InChI is InChI=1S/C12H15N3O2/c13-6-1-2-7-15-12(17)10-5-3-4-9(8-10)11(14)16/h1-5,8H,6-7,13H2,(H2,14,16)(H,15,17)/b2-1+. The molecule has 1 rings (SSSR count). The highest BCUT2D eigenvalue weighted by atomic mass is 16.2. The maximum Gasteiger partial charge on any atom is 0.251 e. The van der Waals surface area contributed by atoms with Crippen LogP contribution in [0.2, 0.25) is 0 Å². The van der Waals surface area contributed by atoms with Crippen molar-refractivity contribution < 1.29 is 9.59 Å². The highest BCUT2D eigenvalue weighted by Gasteiger charge is 2.06. The Bertz CT molecular complexity index is 441. The molecule has 0 spiro atoms. The average molecular weight is 233 g/mol. The summed E-state index contributed by atoms with van der Waals surface area (Å²) in [6.45, 7) is 0.837. The van der Waals surface area contributed by atoms with E-state index in [4.69, 9.17) is 11.5 Å². The molecule has 0 aliphatic rings. The van der Waals surface area contributed by atoms with Crippen molar-refractivity contribution >= 4 is 11.8 Å². The molecule has 5 heteroatoms. The molecule has 0 fully saturated rings. The quantitative estimate of drug-likeness (QED) is 0.626. The van der Waals surface area contributed by atoms with Gasteiger partial charge in [0.25, 0.3) is 5.91 Å². The maximum absolute atomic E-state index is 11.7. The van der Waals surface area contributed by atoms with Crippen LogP contribution in [0.25, 0.3) is 0 Å². The zero-order chi connectivity index (χ0) is 12.7. The third-order valence-corrected chi connectivity index (χ3v) is 2.09. The molecule has 1 aromatic carbocycles. The van der Waals surface area contributed by atoms with Gasteiger partial charge in [0.1, 0.15) is 0 Å². The van der Waals surface area contributed by atoms with Crippen molar-refractivity contribution in [3.8, 4) is 0 Å². The van der Waals surface area contributed by atoms with Gasteiger partial charge in [-0.1, -0.05) is 18.2 Å². The Morgan fingerprint density at radius 2 is 1.94 bits per heavy atom. The lowest BCUT2D eigenvalue weighted by Crippen LogP contribution is -2.24. The van der Waals surface area contributed by atoms with Gasteiger partial charge in [0.15, 0.2) is 0 Å². The van der Waals surface area contributed by atoms with Crippen molar-refractivity contribution in [1.29, 1.82) is 0 Å². The number of carbonyl (C=O) groups excluding carboxylic acids is 2. The minimum atomic E-state index is -0.553. The van der Waals surface area contributed by atoms with Crippen LogP contribution in [-0.4, -0.2) is 24.9 Å². The minimum Gasteiger partial charge on any atom is -0.366 e. The van der Waals surface area contributed by atoms with Crippen LogP contribution in [0.3, 0.4) is 0 Å². The van der Waals surface area contributed by atoms with Gasteiger partial charge in [0, 0.05) is 24.2 Å². The van der Waals surface area contributed by atoms with E-state index in [9.17, 15) is 9.59 Å². The lowest BCUT2D eigenvalue weighted by molar-refractivity contribution is 0.0958. The number of hydrogen-bond acceptors (Lipinski definition) is 3. The Hall–Kier alpha value is -2.14. The Labute approximate surface area is 99.5 Å². The van der Waals surface area contributed by atoms with Crippen LogP contribution in [0.5, 0.6) is 0 Å². The Kier molecular flexibility index (Phi) is 4.90. The first kappa shape index (κ1) is 12.9. The van der Waals surface area contributed by atoms with Crippen molar-refractivity contribution in [2.75, 3.05) is 13.1 Å². The number of nitrogens with two attached hydrogens (primary N) is 2. The second-order valence-corrected chi connectivity index (χ2v) is 3.36. The fourth-order valence-electron chi connectivity index (χ4n) is 1.25. The average Bonchev–Trinajstić information content (AvgIpc) is 2.34. The monoisotopic (exact) mass is 233 g/mol. The summed E-state index contributed by atoms with van der Waals surface area (Å²) in [7, 11) is 0. The topological polar surface area (TPSA) is 98.2 Å². The summed E-state index contributed by atoms with van der Waals surface area (Å²) in [5.41, 5.74) is 11.1. The van der Waals surface area contributed by atoms with Crippen molar-refractivity contribution in [3.63, 3.8) is 0 Å². The van der Waals surface area contributed by atoms with E-state index < -0.39 is 5.91 Å². The summed E-state index contributed by atoms with van der Waals surface area (Å²) >= 11 is 0. The molecule has 0 atom stereocenters. The van der Waals surface area contributed by atoms with Crippen molar-refractivity contribution in [2.24, 2.45) is 11.5 Å². The molecular formula is C12H15N3O2. The summed E-state index contributed by atoms with van der Waals surface area (Å²) < 4.78 is 0. The molecule has 2 amide bonds. The zero-order valence-corrected chi connectivity index (χ0v) is 9.35. The van der Waals surface area contributed by atoms with E-state index in [0.29, 0.717) is 24.2 Å². The van der Waals surface area contributed by atoms with Gasteiger partial charge < -0.3 is 16.8 Å². The zero-order valence-electron chi connectivity index (χ0n) is 9.35. The molecule has 17 heavy (non-hydrogen) atoms. The normalized spacial score (nSPS) is 10.4. The molecule has 5 N–H and O–H groups in total. The lowest BCUT2D eigenvalue weighted by atomic mass is 10.1. The molecule has 0 saturated heterocycles. The van der Waals surface area contributed by atoms with Crippen LogP contribution in [0, 0.1) is 0 Å². The molecule has 0 aromatic heterocycles. The van der Waals surface area contributed by atoms with E-state index in [1.165, 1.54) is 6.07 Å². The van der Waals surface area contributed by atoms with Gasteiger partial charge in [-0.2, -0.15) is 0 Å². The summed E-state index contributed by atoms with van der Waals surface area (Å²) in [6.07, 6.45) is 3.51. The van der Waals surface area contributed by atoms with E-state index in [2.05, 4.69) is 5.32 Å². The molecule has 0 bridgehead atoms. The number of amides is 2. The first-order valence-electron chi connectivity index (χ1n) is 5.18. The Morgan fingerprint density at radius 1 is 1.24 bits per heavy atom. The van der Waals surface area contributed by atoms with Crippen LogP contribution in [-0.2, 0) is 0 Å². The number of carbonyl (C=O) groups is 2. The second kappa shape index (κ2) is 6.44. The lowest BCUT2D eigenvalue weighted by Gasteiger charge is -2.03. The largest absolute Gasteiger partial charge is 0.366 e. The summed E-state index contributed by atoms with van der Waals surface area (Å²) in [5.74, 6) is -0.808. The fraction of sp³-hybridized carbons (Fsp3) is 0.167. The SMILES string of the molecule is NC/C=C/CNC(=O)c1cccc(C(N)=O)c1. The van der Waals surface area contributed by atoms with Crippen LogP contribution in [0.1, 0.15) is 20.7 Å². The fourth-order valence-corrected chi connectivity index (χ4v) is 1.25. The number of hydrogen-bond donors (Lipinski definition) is 3. The van der Waals surface area contributed by atoms with Crippen molar-refractivity contribution in [3.05, 3.63) is 47.5 Å². The Balaban J connectivity index is 2.66. The number of primary amides is 1. The molecule has 90 valence electrons. The van der Waals surface area contributed by atoms with Gasteiger partial charge in [-0.3, -0.25) is 9.59 Å². The van der Waals surface area contributed by atoms with Crippen LogP contribution in [0.15, 0.2) is 36.4 Å². The molecule has 0 aliphatic heterocycles. The molecule has 0 saturated carbocycles. The highest BCUT2D eigenvalue weighted by molar-refractivity contribution is 5.99. The molecule has 0 heterocycles. The number of rotatable bonds is 5. The maximum atomic E-state index is 11.7. The first-order chi connectivity index (χ1) is 8.15. The molecule has 0 aliphatic carbocycles. The van der Waals surface area contributed by atoms with Crippen LogP contribution >= 0.6 is 0 Å². The molecule has 0 radical (unpaired) electrons. The van der Waals surface area contributed by atoms with Gasteiger partial charge >= 0.3 is 0 Å². The van der Waals surface area contributed by atoms with E-state index in [-0.39, 0.29) is 5.91 Å². The molecule has 1 aromatic rings. The smallest absolute Gasteiger partial charge is 0.251 e. The summed E-state index contributed by atoms with van der Waals surface area (Å²) in [6, 6.07) is 6.26. The molecular weight excluding hydrogens is 218 g/mol. The number of benzene rings is 1. The molecule has 0 unspecified atom stereocenters. The predicted octanol–water partition coefficient (Wildman–Crippen LogP) is 0.0302. The summed E-state index contributed by atoms with van der Waals surface area (Å²) in [5, 5.41) is 2.67. The second-order valence-electron chi connectivity index (χ2n) is 3.36. The third kappa shape index (κ3) is 4.08. The van der Waals surface area contributed by atoms with E-state index >= 15 is 0 Å². The predicted molar refractivity (Wildman–Crippen MR) is 65.5 cm³/mol. The van der Waals surface area contributed by atoms with E-state index in [0.717, 1.165) is 0 Å². The first-order valence-corrected chi connectivity index (χ1v) is 5.18. The van der Waals surface area contributed by atoms with Gasteiger partial charge in [-0.15, -0.1) is 0 Å². The van der Waals surface area contributed by atoms with Crippen LogP contribution < -0.4 is 16.8 Å².